The molecular formula is C32H50N6O. The van der Waals surface area contributed by atoms with Crippen molar-refractivity contribution in [2.24, 2.45) is 9.98 Å². The van der Waals surface area contributed by atoms with E-state index >= 15 is 0 Å². The number of likely N-dealkylation sites (N-methyl/N-ethyl adjacent to an activating group) is 2. The summed E-state index contributed by atoms with van der Waals surface area (Å²) in [4.78, 5) is 32.6. The summed E-state index contributed by atoms with van der Waals surface area (Å²) in [6.45, 7) is 13.4. The fraction of sp³-hybridized carbons (Fsp3) is 0.594. The van der Waals surface area contributed by atoms with Crippen molar-refractivity contribution in [3.8, 4) is 0 Å². The molecule has 2 aliphatic rings. The molecule has 1 unspecified atom stereocenters. The van der Waals surface area contributed by atoms with Crippen molar-refractivity contribution < 1.29 is 4.79 Å². The van der Waals surface area contributed by atoms with E-state index in [1.807, 2.05) is 32.0 Å². The Hall–Kier alpha value is -2.93. The van der Waals surface area contributed by atoms with Crippen molar-refractivity contribution >= 4 is 17.5 Å². The van der Waals surface area contributed by atoms with E-state index in [0.717, 1.165) is 85.9 Å². The minimum Gasteiger partial charge on any atom is -0.377 e. The Balaban J connectivity index is 2.05. The fourth-order valence-electron chi connectivity index (χ4n) is 5.44. The van der Waals surface area contributed by atoms with Gasteiger partial charge in [-0.05, 0) is 90.2 Å². The van der Waals surface area contributed by atoms with Gasteiger partial charge in [-0.2, -0.15) is 0 Å². The van der Waals surface area contributed by atoms with Gasteiger partial charge in [0.05, 0.1) is 11.8 Å². The number of amides is 1. The van der Waals surface area contributed by atoms with Crippen LogP contribution in [0.25, 0.3) is 0 Å². The lowest BCUT2D eigenvalue weighted by molar-refractivity contribution is 0.0767. The lowest BCUT2D eigenvalue weighted by Crippen LogP contribution is -2.42. The number of hydrogen-bond donors (Lipinski definition) is 0. The highest BCUT2D eigenvalue weighted by atomic mass is 16.2. The van der Waals surface area contributed by atoms with Gasteiger partial charge in [0.25, 0.3) is 5.91 Å². The third-order valence-electron chi connectivity index (χ3n) is 8.09. The van der Waals surface area contributed by atoms with E-state index in [4.69, 9.17) is 4.99 Å². The molecule has 0 aromatic heterocycles. The van der Waals surface area contributed by atoms with Crippen molar-refractivity contribution in [2.45, 2.75) is 65.8 Å². The van der Waals surface area contributed by atoms with Crippen LogP contribution in [0, 0.1) is 6.92 Å². The number of amidine groups is 1. The molecule has 1 saturated heterocycles. The molecule has 39 heavy (non-hydrogen) atoms. The Labute approximate surface area is 237 Å². The normalized spacial score (nSPS) is 26.6. The van der Waals surface area contributed by atoms with Crippen molar-refractivity contribution in [3.05, 3.63) is 58.4 Å². The van der Waals surface area contributed by atoms with E-state index in [-0.39, 0.29) is 11.9 Å². The fourth-order valence-corrected chi connectivity index (χ4v) is 5.44. The Kier molecular flexibility index (Phi) is 11.3. The number of rotatable bonds is 1. The highest BCUT2D eigenvalue weighted by molar-refractivity contribution is 6.05. The molecule has 2 aliphatic heterocycles. The number of carbonyl (C=O) groups is 1. The highest BCUT2D eigenvalue weighted by Gasteiger charge is 2.25. The van der Waals surface area contributed by atoms with Gasteiger partial charge >= 0.3 is 0 Å². The number of nitrogens with zero attached hydrogens (tertiary/aromatic N) is 6. The molecule has 3 rings (SSSR count). The van der Waals surface area contributed by atoms with E-state index in [1.165, 1.54) is 18.5 Å². The average Bonchev–Trinajstić information content (AvgIpc) is 3.46. The van der Waals surface area contributed by atoms with Crippen molar-refractivity contribution in [2.75, 3.05) is 60.9 Å². The zero-order valence-corrected chi connectivity index (χ0v) is 25.6. The van der Waals surface area contributed by atoms with Crippen LogP contribution in [0.4, 0.5) is 0 Å². The van der Waals surface area contributed by atoms with Gasteiger partial charge in [0.15, 0.2) is 0 Å². The summed E-state index contributed by atoms with van der Waals surface area (Å²) in [7, 11) is 8.08. The summed E-state index contributed by atoms with van der Waals surface area (Å²) in [5, 5.41) is 0. The number of likely N-dealkylation sites (tertiary alicyclic amines) is 1. The predicted octanol–water partition coefficient (Wildman–Crippen LogP) is 5.03. The zero-order chi connectivity index (χ0) is 28.5. The first-order valence-corrected chi connectivity index (χ1v) is 14.6. The van der Waals surface area contributed by atoms with Crippen molar-refractivity contribution in [1.29, 1.82) is 0 Å². The van der Waals surface area contributed by atoms with Crippen LogP contribution in [0.3, 0.4) is 0 Å². The molecule has 1 amide bonds. The van der Waals surface area contributed by atoms with Crippen molar-refractivity contribution in [1.82, 2.24) is 19.6 Å². The quantitative estimate of drug-likeness (QED) is 0.507. The van der Waals surface area contributed by atoms with Crippen LogP contribution in [0.2, 0.25) is 0 Å². The molecule has 0 aliphatic carbocycles. The van der Waals surface area contributed by atoms with Gasteiger partial charge in [-0.25, -0.2) is 4.99 Å². The third-order valence-corrected chi connectivity index (χ3v) is 8.09. The minimum atomic E-state index is -0.132. The molecule has 1 atom stereocenters. The van der Waals surface area contributed by atoms with Gasteiger partial charge in [-0.15, -0.1) is 0 Å². The average molecular weight is 535 g/mol. The molecule has 1 aromatic carbocycles. The van der Waals surface area contributed by atoms with Crippen LogP contribution in [0.15, 0.2) is 51.7 Å². The molecule has 0 spiro atoms. The molecule has 7 nitrogen and oxygen atoms in total. The molecule has 7 heteroatoms. The lowest BCUT2D eigenvalue weighted by atomic mass is 9.98. The lowest BCUT2D eigenvalue weighted by Gasteiger charge is -2.29. The van der Waals surface area contributed by atoms with E-state index in [0.29, 0.717) is 0 Å². The summed E-state index contributed by atoms with van der Waals surface area (Å²) < 4.78 is 0. The van der Waals surface area contributed by atoms with Gasteiger partial charge in [-0.3, -0.25) is 9.79 Å². The maximum atomic E-state index is 13.9. The van der Waals surface area contributed by atoms with E-state index in [1.54, 1.807) is 0 Å². The molecular weight excluding hydrogens is 484 g/mol. The van der Waals surface area contributed by atoms with Crippen LogP contribution in [-0.4, -0.2) is 104 Å². The second-order valence-corrected chi connectivity index (χ2v) is 11.2. The number of allylic oxidation sites excluding steroid dienone is 2. The Morgan fingerprint density at radius 2 is 1.67 bits per heavy atom. The SMILES string of the molecule is CCC1C(=NC)/C=C(C)/N=C(N2CCCC2)/C=C(\C)N(C)CCN(C)CCCc2ccc(C)cc2C(=O)N1C. The predicted molar refractivity (Wildman–Crippen MR) is 165 cm³/mol. The largest absolute Gasteiger partial charge is 0.377 e. The second kappa shape index (κ2) is 14.5. The Morgan fingerprint density at radius 1 is 0.949 bits per heavy atom. The second-order valence-electron chi connectivity index (χ2n) is 11.2. The number of aryl methyl sites for hydroxylation is 2. The number of carbonyl (C=O) groups excluding carboxylic acids is 1. The van der Waals surface area contributed by atoms with Gasteiger partial charge < -0.3 is 19.6 Å². The van der Waals surface area contributed by atoms with Crippen LogP contribution in [-0.2, 0) is 6.42 Å². The maximum Gasteiger partial charge on any atom is 0.254 e. The van der Waals surface area contributed by atoms with Crippen LogP contribution in [0.1, 0.15) is 67.9 Å². The van der Waals surface area contributed by atoms with Gasteiger partial charge in [0, 0.05) is 64.3 Å². The topological polar surface area (TPSA) is 54.8 Å². The molecule has 2 heterocycles. The van der Waals surface area contributed by atoms with Crippen molar-refractivity contribution in [3.63, 3.8) is 0 Å². The van der Waals surface area contributed by atoms with E-state index < -0.39 is 0 Å². The molecule has 0 radical (unpaired) electrons. The molecule has 214 valence electrons. The monoisotopic (exact) mass is 534 g/mol. The first-order valence-electron chi connectivity index (χ1n) is 14.6. The van der Waals surface area contributed by atoms with Gasteiger partial charge in [0.1, 0.15) is 5.84 Å². The molecule has 0 bridgehead atoms. The number of fused-ring (bicyclic) bond motifs is 1. The highest BCUT2D eigenvalue weighted by Crippen LogP contribution is 2.20. The molecule has 1 aromatic rings. The first-order chi connectivity index (χ1) is 18.6. The minimum absolute atomic E-state index is 0.0560. The summed E-state index contributed by atoms with van der Waals surface area (Å²) in [6, 6.07) is 6.17. The van der Waals surface area contributed by atoms with Gasteiger partial charge in [-0.1, -0.05) is 24.6 Å². The van der Waals surface area contributed by atoms with Gasteiger partial charge in [0.2, 0.25) is 0 Å². The summed E-state index contributed by atoms with van der Waals surface area (Å²) >= 11 is 0. The maximum absolute atomic E-state index is 13.9. The smallest absolute Gasteiger partial charge is 0.254 e. The van der Waals surface area contributed by atoms with Crippen LogP contribution in [0.5, 0.6) is 0 Å². The standard InChI is InChI=1S/C32H50N6O/c1-9-30-29(33-5)22-25(3)34-31(38-17-10-11-18-38)23-26(4)36(7)20-19-35(6)16-12-13-27-15-14-24(2)21-28(27)32(39)37(30)8/h14-15,21-23,30H,9-13,16-20H2,1-8H3/b25-22+,26-23+,33-29?,34-31-. The third kappa shape index (κ3) is 8.28. The summed E-state index contributed by atoms with van der Waals surface area (Å²) in [5.41, 5.74) is 6.02. The van der Waals surface area contributed by atoms with E-state index in [9.17, 15) is 4.79 Å². The number of aliphatic imine (C=N–C) groups is 2. The Bertz CT molecular complexity index is 1110. The summed E-state index contributed by atoms with van der Waals surface area (Å²) in [6.07, 6.45) is 9.34. The molecule has 0 saturated carbocycles. The Morgan fingerprint density at radius 3 is 2.33 bits per heavy atom. The summed E-state index contributed by atoms with van der Waals surface area (Å²) in [5.74, 6) is 1.06. The number of hydrogen-bond acceptors (Lipinski definition) is 6. The first kappa shape index (κ1) is 30.6. The molecule has 1 fully saturated rings. The zero-order valence-electron chi connectivity index (χ0n) is 25.6. The number of benzene rings is 1. The van der Waals surface area contributed by atoms with E-state index in [2.05, 4.69) is 78.8 Å². The van der Waals surface area contributed by atoms with Crippen LogP contribution >= 0.6 is 0 Å². The van der Waals surface area contributed by atoms with Crippen LogP contribution < -0.4 is 0 Å². The molecule has 0 N–H and O–H groups in total.